The van der Waals surface area contributed by atoms with Gasteiger partial charge in [0.2, 0.25) is 0 Å². The van der Waals surface area contributed by atoms with Crippen LogP contribution in [0.5, 0.6) is 0 Å². The van der Waals surface area contributed by atoms with Crippen molar-refractivity contribution in [2.24, 2.45) is 0 Å². The number of pyridine rings is 1. The van der Waals surface area contributed by atoms with Crippen LogP contribution in [0, 0.1) is 0 Å². The van der Waals surface area contributed by atoms with Gasteiger partial charge in [0.05, 0.1) is 0 Å². The summed E-state index contributed by atoms with van der Waals surface area (Å²) in [6.07, 6.45) is 4.48. The first kappa shape index (κ1) is 14.5. The van der Waals surface area contributed by atoms with Crippen molar-refractivity contribution in [2.75, 3.05) is 18.0 Å². The lowest BCUT2D eigenvalue weighted by Crippen LogP contribution is -2.28. The molecule has 1 aliphatic carbocycles. The summed E-state index contributed by atoms with van der Waals surface area (Å²) < 4.78 is 1.04. The van der Waals surface area contributed by atoms with Crippen molar-refractivity contribution in [3.63, 3.8) is 0 Å². The van der Waals surface area contributed by atoms with Crippen LogP contribution in [-0.4, -0.2) is 24.1 Å². The summed E-state index contributed by atoms with van der Waals surface area (Å²) >= 11 is 3.51. The lowest BCUT2D eigenvalue weighted by atomic mass is 10.2. The van der Waals surface area contributed by atoms with Gasteiger partial charge in [-0.1, -0.05) is 12.2 Å². The molecular weight excluding hydrogens is 302 g/mol. The standard InChI is InChI=1S/C15H22BrN3/c1-4-19(10-11(2)3)15-12(7-13(16)9-18-15)8-17-14-5-6-14/h7,9,14,17H,2,4-6,8,10H2,1,3H3. The van der Waals surface area contributed by atoms with Crippen molar-refractivity contribution in [3.05, 3.63) is 34.5 Å². The van der Waals surface area contributed by atoms with Gasteiger partial charge in [-0.2, -0.15) is 0 Å². The molecule has 0 amide bonds. The molecule has 0 radical (unpaired) electrons. The van der Waals surface area contributed by atoms with E-state index in [-0.39, 0.29) is 0 Å². The van der Waals surface area contributed by atoms with Crippen molar-refractivity contribution in [2.45, 2.75) is 39.3 Å². The molecule has 19 heavy (non-hydrogen) atoms. The van der Waals surface area contributed by atoms with E-state index in [1.54, 1.807) is 0 Å². The smallest absolute Gasteiger partial charge is 0.133 e. The highest BCUT2D eigenvalue weighted by molar-refractivity contribution is 9.10. The first-order valence-electron chi connectivity index (χ1n) is 6.87. The third kappa shape index (κ3) is 4.32. The van der Waals surface area contributed by atoms with Crippen LogP contribution in [0.15, 0.2) is 28.9 Å². The molecular formula is C15H22BrN3. The topological polar surface area (TPSA) is 28.2 Å². The molecule has 1 N–H and O–H groups in total. The number of rotatable bonds is 7. The minimum absolute atomic E-state index is 0.711. The average molecular weight is 324 g/mol. The van der Waals surface area contributed by atoms with Crippen LogP contribution in [0.4, 0.5) is 5.82 Å². The second-order valence-electron chi connectivity index (χ2n) is 5.26. The molecule has 104 valence electrons. The molecule has 0 aliphatic heterocycles. The molecule has 1 heterocycles. The summed E-state index contributed by atoms with van der Waals surface area (Å²) in [5.74, 6) is 1.07. The van der Waals surface area contributed by atoms with E-state index in [9.17, 15) is 0 Å². The van der Waals surface area contributed by atoms with Crippen LogP contribution in [0.25, 0.3) is 0 Å². The highest BCUT2D eigenvalue weighted by Gasteiger charge is 2.21. The molecule has 1 fully saturated rings. The molecule has 0 spiro atoms. The molecule has 1 saturated carbocycles. The minimum atomic E-state index is 0.711. The van der Waals surface area contributed by atoms with E-state index in [1.165, 1.54) is 18.4 Å². The van der Waals surface area contributed by atoms with Gasteiger partial charge >= 0.3 is 0 Å². The molecule has 0 atom stereocenters. The molecule has 0 saturated heterocycles. The molecule has 1 aromatic rings. The van der Waals surface area contributed by atoms with E-state index >= 15 is 0 Å². The second kappa shape index (κ2) is 6.53. The number of aromatic nitrogens is 1. The molecule has 0 aromatic carbocycles. The maximum Gasteiger partial charge on any atom is 0.133 e. The van der Waals surface area contributed by atoms with E-state index in [0.29, 0.717) is 6.04 Å². The quantitative estimate of drug-likeness (QED) is 0.778. The number of nitrogens with one attached hydrogen (secondary N) is 1. The normalized spacial score (nSPS) is 14.5. The summed E-state index contributed by atoms with van der Waals surface area (Å²) in [5, 5.41) is 3.56. The Balaban J connectivity index is 2.17. The van der Waals surface area contributed by atoms with E-state index in [1.807, 2.05) is 6.20 Å². The van der Waals surface area contributed by atoms with Crippen LogP contribution in [0.1, 0.15) is 32.3 Å². The fraction of sp³-hybridized carbons (Fsp3) is 0.533. The summed E-state index contributed by atoms with van der Waals surface area (Å²) in [4.78, 5) is 6.88. The zero-order valence-corrected chi connectivity index (χ0v) is 13.3. The monoisotopic (exact) mass is 323 g/mol. The first-order valence-corrected chi connectivity index (χ1v) is 7.66. The zero-order valence-electron chi connectivity index (χ0n) is 11.7. The highest BCUT2D eigenvalue weighted by atomic mass is 79.9. The van der Waals surface area contributed by atoms with Gasteiger partial charge in [0.15, 0.2) is 0 Å². The Labute approximate surface area is 124 Å². The molecule has 4 heteroatoms. The predicted octanol–water partition coefficient (Wildman–Crippen LogP) is 3.50. The predicted molar refractivity (Wildman–Crippen MR) is 84.5 cm³/mol. The van der Waals surface area contributed by atoms with Gasteiger partial charge in [0.25, 0.3) is 0 Å². The largest absolute Gasteiger partial charge is 0.353 e. The van der Waals surface area contributed by atoms with Crippen LogP contribution >= 0.6 is 15.9 Å². The number of anilines is 1. The van der Waals surface area contributed by atoms with E-state index < -0.39 is 0 Å². The Morgan fingerprint density at radius 3 is 2.89 bits per heavy atom. The SMILES string of the molecule is C=C(C)CN(CC)c1ncc(Br)cc1CNC1CC1. The molecule has 1 aliphatic rings. The Morgan fingerprint density at radius 2 is 2.32 bits per heavy atom. The summed E-state index contributed by atoms with van der Waals surface area (Å²) in [6.45, 7) is 10.9. The number of hydrogen-bond donors (Lipinski definition) is 1. The van der Waals surface area contributed by atoms with Crippen molar-refractivity contribution in [3.8, 4) is 0 Å². The Hall–Kier alpha value is -0.870. The van der Waals surface area contributed by atoms with Gasteiger partial charge in [0.1, 0.15) is 5.82 Å². The van der Waals surface area contributed by atoms with Gasteiger partial charge in [-0.05, 0) is 48.7 Å². The minimum Gasteiger partial charge on any atom is -0.353 e. The third-order valence-electron chi connectivity index (χ3n) is 3.21. The number of hydrogen-bond acceptors (Lipinski definition) is 3. The Morgan fingerprint density at radius 1 is 1.58 bits per heavy atom. The molecule has 0 unspecified atom stereocenters. The van der Waals surface area contributed by atoms with Gasteiger partial charge in [-0.15, -0.1) is 0 Å². The van der Waals surface area contributed by atoms with E-state index in [0.717, 1.165) is 35.5 Å². The maximum absolute atomic E-state index is 4.60. The van der Waals surface area contributed by atoms with Gasteiger partial charge in [-0.3, -0.25) is 0 Å². The van der Waals surface area contributed by atoms with Gasteiger partial charge < -0.3 is 10.2 Å². The van der Waals surface area contributed by atoms with Gasteiger partial charge in [0, 0.05) is 41.9 Å². The average Bonchev–Trinajstić information content (AvgIpc) is 3.18. The summed E-state index contributed by atoms with van der Waals surface area (Å²) in [6, 6.07) is 2.88. The third-order valence-corrected chi connectivity index (χ3v) is 3.64. The highest BCUT2D eigenvalue weighted by Crippen LogP contribution is 2.24. The maximum atomic E-state index is 4.60. The molecule has 3 nitrogen and oxygen atoms in total. The van der Waals surface area contributed by atoms with Crippen molar-refractivity contribution in [1.29, 1.82) is 0 Å². The fourth-order valence-corrected chi connectivity index (χ4v) is 2.47. The Kier molecular flexibility index (Phi) is 4.99. The summed E-state index contributed by atoms with van der Waals surface area (Å²) in [5.41, 5.74) is 2.41. The van der Waals surface area contributed by atoms with E-state index in [2.05, 4.69) is 57.6 Å². The van der Waals surface area contributed by atoms with Crippen LogP contribution in [0.3, 0.4) is 0 Å². The number of likely N-dealkylation sites (N-methyl/N-ethyl adjacent to an activating group) is 1. The van der Waals surface area contributed by atoms with Crippen LogP contribution < -0.4 is 10.2 Å². The lowest BCUT2D eigenvalue weighted by molar-refractivity contribution is 0.681. The lowest BCUT2D eigenvalue weighted by Gasteiger charge is -2.25. The van der Waals surface area contributed by atoms with Crippen LogP contribution in [-0.2, 0) is 6.54 Å². The molecule has 0 bridgehead atoms. The van der Waals surface area contributed by atoms with E-state index in [4.69, 9.17) is 0 Å². The Bertz CT molecular complexity index is 455. The van der Waals surface area contributed by atoms with Crippen molar-refractivity contribution < 1.29 is 0 Å². The fourth-order valence-electron chi connectivity index (χ4n) is 2.09. The summed E-state index contributed by atoms with van der Waals surface area (Å²) in [7, 11) is 0. The molecule has 2 rings (SSSR count). The van der Waals surface area contributed by atoms with Gasteiger partial charge in [-0.25, -0.2) is 4.98 Å². The van der Waals surface area contributed by atoms with Crippen molar-refractivity contribution in [1.82, 2.24) is 10.3 Å². The number of halogens is 1. The van der Waals surface area contributed by atoms with Crippen LogP contribution in [0.2, 0.25) is 0 Å². The second-order valence-corrected chi connectivity index (χ2v) is 6.18. The van der Waals surface area contributed by atoms with Crippen molar-refractivity contribution >= 4 is 21.7 Å². The first-order chi connectivity index (χ1) is 9.10. The molecule has 1 aromatic heterocycles. The zero-order chi connectivity index (χ0) is 13.8. The number of nitrogens with zero attached hydrogens (tertiary/aromatic N) is 2.